The standard InChI is InChI=1S/C10H16ClN3O4S3/c1-7-9(19-10(11)12-7)21(17,18)13-8-3-5-14(6-4-8)20(2,15)16/h8,13H,3-6H2,1-2H3. The Morgan fingerprint density at radius 3 is 2.29 bits per heavy atom. The van der Waals surface area contributed by atoms with Crippen molar-refractivity contribution >= 4 is 43.0 Å². The number of rotatable bonds is 4. The molecule has 1 aliphatic rings. The van der Waals surface area contributed by atoms with Crippen molar-refractivity contribution in [3.63, 3.8) is 0 Å². The normalized spacial score (nSPS) is 19.0. The van der Waals surface area contributed by atoms with Crippen LogP contribution in [0.1, 0.15) is 18.5 Å². The Kier molecular flexibility index (Phi) is 4.96. The van der Waals surface area contributed by atoms with Gasteiger partial charge in [-0.25, -0.2) is 30.8 Å². The van der Waals surface area contributed by atoms with E-state index in [1.54, 1.807) is 6.92 Å². The van der Waals surface area contributed by atoms with Crippen LogP contribution in [0.4, 0.5) is 0 Å². The van der Waals surface area contributed by atoms with E-state index in [1.807, 2.05) is 0 Å². The molecule has 21 heavy (non-hydrogen) atoms. The van der Waals surface area contributed by atoms with Gasteiger partial charge < -0.3 is 0 Å². The number of hydrogen-bond acceptors (Lipinski definition) is 6. The zero-order valence-electron chi connectivity index (χ0n) is 11.5. The summed E-state index contributed by atoms with van der Waals surface area (Å²) in [6, 6.07) is -0.284. The average Bonchev–Trinajstić information content (AvgIpc) is 2.68. The summed E-state index contributed by atoms with van der Waals surface area (Å²) in [6.07, 6.45) is 2.04. The molecule has 1 fully saturated rings. The molecule has 0 atom stereocenters. The first kappa shape index (κ1) is 17.1. The third-order valence-corrected chi connectivity index (χ3v) is 7.91. The van der Waals surface area contributed by atoms with Gasteiger partial charge in [0.05, 0.1) is 11.9 Å². The molecule has 0 aromatic carbocycles. The maximum Gasteiger partial charge on any atom is 0.252 e. The second-order valence-corrected chi connectivity index (χ2v) is 10.4. The fourth-order valence-electron chi connectivity index (χ4n) is 2.18. The molecule has 7 nitrogen and oxygen atoms in total. The summed E-state index contributed by atoms with van der Waals surface area (Å²) in [5, 5.41) is 0. The minimum atomic E-state index is -3.67. The van der Waals surface area contributed by atoms with Crippen LogP contribution in [0.25, 0.3) is 0 Å². The van der Waals surface area contributed by atoms with Crippen LogP contribution in [0, 0.1) is 6.92 Å². The van der Waals surface area contributed by atoms with Crippen molar-refractivity contribution in [3.8, 4) is 0 Å². The van der Waals surface area contributed by atoms with Gasteiger partial charge in [0.1, 0.15) is 0 Å². The lowest BCUT2D eigenvalue weighted by atomic mass is 10.1. The predicted octanol–water partition coefficient (Wildman–Crippen LogP) is 0.807. The molecule has 120 valence electrons. The minimum absolute atomic E-state index is 0.109. The van der Waals surface area contributed by atoms with Crippen molar-refractivity contribution in [3.05, 3.63) is 10.2 Å². The van der Waals surface area contributed by atoms with Gasteiger partial charge in [-0.1, -0.05) is 22.9 Å². The van der Waals surface area contributed by atoms with Crippen LogP contribution in [0.15, 0.2) is 4.21 Å². The molecular weight excluding hydrogens is 358 g/mol. The van der Waals surface area contributed by atoms with Crippen molar-refractivity contribution < 1.29 is 16.8 Å². The fourth-order valence-corrected chi connectivity index (χ4v) is 6.11. The number of nitrogens with one attached hydrogen (secondary N) is 1. The van der Waals surface area contributed by atoms with Gasteiger partial charge in [0.15, 0.2) is 8.68 Å². The summed E-state index contributed by atoms with van der Waals surface area (Å²) >= 11 is 6.64. The van der Waals surface area contributed by atoms with Gasteiger partial charge in [-0.05, 0) is 19.8 Å². The third kappa shape index (κ3) is 4.14. The van der Waals surface area contributed by atoms with Gasteiger partial charge in [0.25, 0.3) is 10.0 Å². The van der Waals surface area contributed by atoms with Crippen LogP contribution in [0.2, 0.25) is 4.47 Å². The highest BCUT2D eigenvalue weighted by atomic mass is 35.5. The SMILES string of the molecule is Cc1nc(Cl)sc1S(=O)(=O)NC1CCN(S(C)(=O)=O)CC1. The number of nitrogens with zero attached hydrogens (tertiary/aromatic N) is 2. The first-order valence-electron chi connectivity index (χ1n) is 6.20. The average molecular weight is 374 g/mol. The maximum atomic E-state index is 12.3. The van der Waals surface area contributed by atoms with E-state index >= 15 is 0 Å². The zero-order valence-corrected chi connectivity index (χ0v) is 14.7. The molecule has 1 aromatic rings. The van der Waals surface area contributed by atoms with Crippen LogP contribution in [-0.4, -0.2) is 51.5 Å². The molecule has 2 rings (SSSR count). The summed E-state index contributed by atoms with van der Waals surface area (Å²) in [6.45, 7) is 2.21. The summed E-state index contributed by atoms with van der Waals surface area (Å²) in [7, 11) is -6.89. The van der Waals surface area contributed by atoms with E-state index in [0.29, 0.717) is 31.6 Å². The quantitative estimate of drug-likeness (QED) is 0.842. The molecule has 1 aliphatic heterocycles. The number of hydrogen-bond donors (Lipinski definition) is 1. The second-order valence-electron chi connectivity index (χ2n) is 4.90. The lowest BCUT2D eigenvalue weighted by Gasteiger charge is -2.30. The Labute approximate surface area is 133 Å². The van der Waals surface area contributed by atoms with E-state index in [2.05, 4.69) is 9.71 Å². The number of piperidine rings is 1. The largest absolute Gasteiger partial charge is 0.252 e. The Morgan fingerprint density at radius 2 is 1.86 bits per heavy atom. The van der Waals surface area contributed by atoms with Crippen molar-refractivity contribution in [2.75, 3.05) is 19.3 Å². The van der Waals surface area contributed by atoms with E-state index in [-0.39, 0.29) is 14.7 Å². The van der Waals surface area contributed by atoms with Crippen LogP contribution < -0.4 is 4.72 Å². The first-order valence-corrected chi connectivity index (χ1v) is 10.7. The van der Waals surface area contributed by atoms with Crippen LogP contribution in [0.5, 0.6) is 0 Å². The highest BCUT2D eigenvalue weighted by molar-refractivity contribution is 7.91. The molecule has 1 N–H and O–H groups in total. The van der Waals surface area contributed by atoms with E-state index in [0.717, 1.165) is 17.6 Å². The van der Waals surface area contributed by atoms with Gasteiger partial charge in [-0.15, -0.1) is 0 Å². The van der Waals surface area contributed by atoms with Crippen LogP contribution in [0.3, 0.4) is 0 Å². The molecule has 0 radical (unpaired) electrons. The molecule has 1 saturated heterocycles. The van der Waals surface area contributed by atoms with Crippen molar-refractivity contribution in [2.45, 2.75) is 30.0 Å². The van der Waals surface area contributed by atoms with E-state index in [1.165, 1.54) is 4.31 Å². The Hall–Kier alpha value is -0.260. The molecule has 1 aromatic heterocycles. The van der Waals surface area contributed by atoms with Crippen molar-refractivity contribution in [2.24, 2.45) is 0 Å². The molecule has 0 saturated carbocycles. The predicted molar refractivity (Wildman–Crippen MR) is 81.6 cm³/mol. The van der Waals surface area contributed by atoms with Crippen LogP contribution in [-0.2, 0) is 20.0 Å². The summed E-state index contributed by atoms with van der Waals surface area (Å²) < 4.78 is 51.6. The molecule has 0 unspecified atom stereocenters. The number of thiazole rings is 1. The lowest BCUT2D eigenvalue weighted by molar-refractivity contribution is 0.310. The van der Waals surface area contributed by atoms with Gasteiger partial charge in [-0.3, -0.25) is 0 Å². The molecular formula is C10H16ClN3O4S3. The van der Waals surface area contributed by atoms with E-state index < -0.39 is 20.0 Å². The van der Waals surface area contributed by atoms with Gasteiger partial charge in [0.2, 0.25) is 10.0 Å². The minimum Gasteiger partial charge on any atom is -0.229 e. The molecule has 11 heteroatoms. The maximum absolute atomic E-state index is 12.3. The Balaban J connectivity index is 2.05. The fraction of sp³-hybridized carbons (Fsp3) is 0.700. The molecule has 0 spiro atoms. The summed E-state index contributed by atoms with van der Waals surface area (Å²) in [5.74, 6) is 0. The van der Waals surface area contributed by atoms with Gasteiger partial charge >= 0.3 is 0 Å². The second kappa shape index (κ2) is 6.09. The highest BCUT2D eigenvalue weighted by Gasteiger charge is 2.29. The monoisotopic (exact) mass is 373 g/mol. The highest BCUT2D eigenvalue weighted by Crippen LogP contribution is 2.27. The van der Waals surface area contributed by atoms with E-state index in [9.17, 15) is 16.8 Å². The molecule has 0 amide bonds. The van der Waals surface area contributed by atoms with Crippen molar-refractivity contribution in [1.29, 1.82) is 0 Å². The lowest BCUT2D eigenvalue weighted by Crippen LogP contribution is -2.46. The Morgan fingerprint density at radius 1 is 1.29 bits per heavy atom. The Bertz CT molecular complexity index is 721. The van der Waals surface area contributed by atoms with Gasteiger partial charge in [-0.2, -0.15) is 0 Å². The van der Waals surface area contributed by atoms with Gasteiger partial charge in [0, 0.05) is 19.1 Å². The molecule has 2 heterocycles. The zero-order chi connectivity index (χ0) is 15.8. The summed E-state index contributed by atoms with van der Waals surface area (Å²) in [5.41, 5.74) is 0.367. The first-order chi connectivity index (χ1) is 9.59. The third-order valence-electron chi connectivity index (χ3n) is 3.22. The number of halogens is 1. The number of aryl methyl sites for hydroxylation is 1. The van der Waals surface area contributed by atoms with Crippen LogP contribution >= 0.6 is 22.9 Å². The molecule has 0 bridgehead atoms. The van der Waals surface area contributed by atoms with Crippen molar-refractivity contribution in [1.82, 2.24) is 14.0 Å². The number of sulfonamides is 2. The summed E-state index contributed by atoms with van der Waals surface area (Å²) in [4.78, 5) is 3.89. The topological polar surface area (TPSA) is 96.4 Å². The smallest absolute Gasteiger partial charge is 0.229 e. The molecule has 0 aliphatic carbocycles. The number of aromatic nitrogens is 1. The van der Waals surface area contributed by atoms with E-state index in [4.69, 9.17) is 11.6 Å².